The van der Waals surface area contributed by atoms with Gasteiger partial charge in [0.15, 0.2) is 0 Å². The van der Waals surface area contributed by atoms with Crippen LogP contribution in [0, 0.1) is 6.92 Å². The van der Waals surface area contributed by atoms with Gasteiger partial charge in [0.25, 0.3) is 0 Å². The van der Waals surface area contributed by atoms with Gasteiger partial charge in [0.1, 0.15) is 5.75 Å². The average molecular weight is 191 g/mol. The molecule has 0 fully saturated rings. The number of rotatable bonds is 3. The van der Waals surface area contributed by atoms with Crippen LogP contribution in [-0.2, 0) is 0 Å². The summed E-state index contributed by atoms with van der Waals surface area (Å²) in [4.78, 5) is 0. The topological polar surface area (TPSA) is 35.2 Å². The van der Waals surface area contributed by atoms with Crippen molar-refractivity contribution < 1.29 is 4.74 Å². The second kappa shape index (κ2) is 4.82. The summed E-state index contributed by atoms with van der Waals surface area (Å²) >= 11 is 0. The molecule has 0 saturated carbocycles. The third-order valence-corrected chi connectivity index (χ3v) is 2.06. The van der Waals surface area contributed by atoms with Gasteiger partial charge in [-0.2, -0.15) is 0 Å². The maximum absolute atomic E-state index is 5.63. The molecule has 2 N–H and O–H groups in total. The summed E-state index contributed by atoms with van der Waals surface area (Å²) in [6.45, 7) is 4.01. The van der Waals surface area contributed by atoms with Crippen molar-refractivity contribution in [1.29, 1.82) is 0 Å². The lowest BCUT2D eigenvalue weighted by Crippen LogP contribution is -2.09. The summed E-state index contributed by atoms with van der Waals surface area (Å²) in [6.07, 6.45) is 4.02. The molecule has 14 heavy (non-hydrogen) atoms. The smallest absolute Gasteiger partial charge is 0.119 e. The van der Waals surface area contributed by atoms with Gasteiger partial charge < -0.3 is 10.5 Å². The minimum Gasteiger partial charge on any atom is -0.497 e. The highest BCUT2D eigenvalue weighted by atomic mass is 16.5. The van der Waals surface area contributed by atoms with E-state index in [9.17, 15) is 0 Å². The second-order valence-corrected chi connectivity index (χ2v) is 3.44. The fraction of sp³-hybridized carbons (Fsp3) is 0.333. The average Bonchev–Trinajstić information content (AvgIpc) is 2.15. The highest BCUT2D eigenvalue weighted by Gasteiger charge is 1.96. The first kappa shape index (κ1) is 10.8. The van der Waals surface area contributed by atoms with Gasteiger partial charge in [0.05, 0.1) is 7.11 Å². The highest BCUT2D eigenvalue weighted by molar-refractivity contribution is 5.55. The largest absolute Gasteiger partial charge is 0.497 e. The summed E-state index contributed by atoms with van der Waals surface area (Å²) in [7, 11) is 1.67. The molecule has 0 aliphatic heterocycles. The lowest BCUT2D eigenvalue weighted by molar-refractivity contribution is 0.414. The van der Waals surface area contributed by atoms with Crippen molar-refractivity contribution in [3.8, 4) is 5.75 Å². The standard InChI is InChI=1S/C12H17NO/c1-9-8-12(14-3)7-6-11(9)5-4-10(2)13/h4-8,10H,13H2,1-3H3/b5-4+. The molecule has 0 spiro atoms. The summed E-state index contributed by atoms with van der Waals surface area (Å²) in [6, 6.07) is 6.10. The van der Waals surface area contributed by atoms with E-state index in [1.54, 1.807) is 7.11 Å². The molecule has 1 aromatic carbocycles. The first-order valence-electron chi connectivity index (χ1n) is 4.72. The zero-order valence-corrected chi connectivity index (χ0v) is 8.95. The van der Waals surface area contributed by atoms with Crippen molar-refractivity contribution in [3.05, 3.63) is 35.4 Å². The van der Waals surface area contributed by atoms with Crippen molar-refractivity contribution >= 4 is 6.08 Å². The summed E-state index contributed by atoms with van der Waals surface area (Å²) < 4.78 is 5.13. The molecule has 0 radical (unpaired) electrons. The molecule has 0 bridgehead atoms. The Kier molecular flexibility index (Phi) is 3.72. The van der Waals surface area contributed by atoms with E-state index in [4.69, 9.17) is 10.5 Å². The molecule has 1 unspecified atom stereocenters. The second-order valence-electron chi connectivity index (χ2n) is 3.44. The van der Waals surface area contributed by atoms with Gasteiger partial charge in [-0.3, -0.25) is 0 Å². The number of ether oxygens (including phenoxy) is 1. The van der Waals surface area contributed by atoms with E-state index < -0.39 is 0 Å². The molecule has 2 nitrogen and oxygen atoms in total. The fourth-order valence-corrected chi connectivity index (χ4v) is 1.22. The van der Waals surface area contributed by atoms with Crippen molar-refractivity contribution in [2.24, 2.45) is 5.73 Å². The molecular formula is C12H17NO. The van der Waals surface area contributed by atoms with Crippen LogP contribution in [0.15, 0.2) is 24.3 Å². The molecule has 0 amide bonds. The maximum Gasteiger partial charge on any atom is 0.119 e. The Balaban J connectivity index is 2.89. The van der Waals surface area contributed by atoms with E-state index in [0.29, 0.717) is 0 Å². The monoisotopic (exact) mass is 191 g/mol. The fourth-order valence-electron chi connectivity index (χ4n) is 1.22. The Morgan fingerprint density at radius 3 is 2.64 bits per heavy atom. The number of nitrogens with two attached hydrogens (primary N) is 1. The summed E-state index contributed by atoms with van der Waals surface area (Å²) in [5.74, 6) is 0.889. The predicted molar refractivity (Wildman–Crippen MR) is 60.4 cm³/mol. The van der Waals surface area contributed by atoms with Crippen LogP contribution in [0.2, 0.25) is 0 Å². The Labute approximate surface area is 85.4 Å². The molecule has 0 aliphatic carbocycles. The van der Waals surface area contributed by atoms with Crippen molar-refractivity contribution in [1.82, 2.24) is 0 Å². The molecule has 0 saturated heterocycles. The van der Waals surface area contributed by atoms with E-state index in [0.717, 1.165) is 5.75 Å². The van der Waals surface area contributed by atoms with Crippen molar-refractivity contribution in [2.75, 3.05) is 7.11 Å². The molecular weight excluding hydrogens is 174 g/mol. The number of aryl methyl sites for hydroxylation is 1. The Bertz CT molecular complexity index is 329. The molecule has 76 valence electrons. The van der Waals surface area contributed by atoms with E-state index >= 15 is 0 Å². The van der Waals surface area contributed by atoms with Crippen LogP contribution in [0.25, 0.3) is 6.08 Å². The Morgan fingerprint density at radius 1 is 1.43 bits per heavy atom. The molecule has 1 atom stereocenters. The molecule has 0 aromatic heterocycles. The maximum atomic E-state index is 5.63. The van der Waals surface area contributed by atoms with Crippen molar-refractivity contribution in [3.63, 3.8) is 0 Å². The van der Waals surface area contributed by atoms with Crippen molar-refractivity contribution in [2.45, 2.75) is 19.9 Å². The van der Waals surface area contributed by atoms with Gasteiger partial charge >= 0.3 is 0 Å². The lowest BCUT2D eigenvalue weighted by atomic mass is 10.1. The van der Waals surface area contributed by atoms with Gasteiger partial charge in [0.2, 0.25) is 0 Å². The number of hydrogen-bond acceptors (Lipinski definition) is 2. The first-order chi connectivity index (χ1) is 6.63. The molecule has 0 heterocycles. The molecule has 1 aromatic rings. The summed E-state index contributed by atoms with van der Waals surface area (Å²) in [5, 5.41) is 0. The van der Waals surface area contributed by atoms with Crippen LogP contribution in [0.1, 0.15) is 18.1 Å². The number of methoxy groups -OCH3 is 1. The van der Waals surface area contributed by atoms with E-state index in [2.05, 4.69) is 6.92 Å². The van der Waals surface area contributed by atoms with Crippen LogP contribution in [0.3, 0.4) is 0 Å². The number of benzene rings is 1. The van der Waals surface area contributed by atoms with E-state index in [-0.39, 0.29) is 6.04 Å². The molecule has 1 rings (SSSR count). The highest BCUT2D eigenvalue weighted by Crippen LogP contribution is 2.17. The van der Waals surface area contributed by atoms with Gasteiger partial charge in [0, 0.05) is 6.04 Å². The van der Waals surface area contributed by atoms with Crippen LogP contribution < -0.4 is 10.5 Å². The number of hydrogen-bond donors (Lipinski definition) is 1. The van der Waals surface area contributed by atoms with Crippen LogP contribution in [0.4, 0.5) is 0 Å². The van der Waals surface area contributed by atoms with Gasteiger partial charge in [-0.15, -0.1) is 0 Å². The normalized spacial score (nSPS) is 13.1. The Hall–Kier alpha value is -1.28. The van der Waals surface area contributed by atoms with Crippen LogP contribution in [-0.4, -0.2) is 13.2 Å². The van der Waals surface area contributed by atoms with E-state index in [1.807, 2.05) is 37.3 Å². The predicted octanol–water partition coefficient (Wildman–Crippen LogP) is 2.36. The minimum absolute atomic E-state index is 0.0940. The van der Waals surface area contributed by atoms with Crippen LogP contribution in [0.5, 0.6) is 5.75 Å². The van der Waals surface area contributed by atoms with E-state index in [1.165, 1.54) is 11.1 Å². The lowest BCUT2D eigenvalue weighted by Gasteiger charge is -2.04. The summed E-state index contributed by atoms with van der Waals surface area (Å²) in [5.41, 5.74) is 8.01. The van der Waals surface area contributed by atoms with Gasteiger partial charge in [-0.05, 0) is 37.1 Å². The Morgan fingerprint density at radius 2 is 2.14 bits per heavy atom. The zero-order valence-electron chi connectivity index (χ0n) is 8.95. The van der Waals surface area contributed by atoms with Crippen LogP contribution >= 0.6 is 0 Å². The third kappa shape index (κ3) is 2.89. The first-order valence-corrected chi connectivity index (χ1v) is 4.72. The van der Waals surface area contributed by atoms with Gasteiger partial charge in [-0.1, -0.05) is 18.2 Å². The molecule has 2 heteroatoms. The van der Waals surface area contributed by atoms with Gasteiger partial charge in [-0.25, -0.2) is 0 Å². The third-order valence-electron chi connectivity index (χ3n) is 2.06. The zero-order chi connectivity index (χ0) is 10.6. The SMILES string of the molecule is COc1ccc(/C=C/C(C)N)c(C)c1. The minimum atomic E-state index is 0.0940. The quantitative estimate of drug-likeness (QED) is 0.796. The molecule has 0 aliphatic rings.